The van der Waals surface area contributed by atoms with Gasteiger partial charge >= 0.3 is 11.9 Å². The smallest absolute Gasteiger partial charge is 0.306 e. The Morgan fingerprint density at radius 1 is 0.316 bits per heavy atom. The third-order valence-electron chi connectivity index (χ3n) is 14.1. The van der Waals surface area contributed by atoms with Gasteiger partial charge in [0.05, 0.1) is 6.61 Å². The largest absolute Gasteiger partial charge is 0.462 e. The lowest BCUT2D eigenvalue weighted by molar-refractivity contribution is -0.161. The molecule has 76 heavy (non-hydrogen) atoms. The van der Waals surface area contributed by atoms with Crippen molar-refractivity contribution in [2.75, 3.05) is 13.2 Å². The monoisotopic (exact) mass is 1050 g/mol. The maximum absolute atomic E-state index is 12.3. The van der Waals surface area contributed by atoms with Gasteiger partial charge < -0.3 is 14.6 Å². The molecule has 0 aromatic heterocycles. The van der Waals surface area contributed by atoms with E-state index in [1.807, 2.05) is 0 Å². The highest BCUT2D eigenvalue weighted by Gasteiger charge is 2.16. The van der Waals surface area contributed by atoms with Crippen LogP contribution in [0.25, 0.3) is 0 Å². The summed E-state index contributed by atoms with van der Waals surface area (Å²) >= 11 is 0. The standard InChI is InChI=1S/C71H122O5/c1-3-5-7-9-11-13-15-17-19-21-23-25-27-29-30-31-32-33-34-35-36-37-38-39-40-42-44-46-48-50-52-54-56-58-60-62-64-66-71(74)76-69(67-72)68-75-70(73)65-63-61-59-57-55-53-51-49-47-45-43-41-28-26-24-22-20-18-16-14-12-10-8-6-4-2/h5,7,11,13,17,19,23,25,29-30,32-33,35-36,38-39,42,44,69,72H,3-4,6,8-10,12,14-16,18,20-22,24,26-28,31,34,37,40-41,43,45-68H2,1-2H3/b7-5-,13-11-,19-17-,25-23-,30-29-,33-32-,36-35-,39-38-,44-42-. The van der Waals surface area contributed by atoms with Crippen LogP contribution >= 0.6 is 0 Å². The van der Waals surface area contributed by atoms with E-state index in [0.717, 1.165) is 103 Å². The third kappa shape index (κ3) is 63.1. The summed E-state index contributed by atoms with van der Waals surface area (Å²) in [7, 11) is 0. The Balaban J connectivity index is 3.53. The number of esters is 2. The van der Waals surface area contributed by atoms with Crippen LogP contribution in [0.1, 0.15) is 309 Å². The van der Waals surface area contributed by atoms with E-state index in [0.29, 0.717) is 12.8 Å². The highest BCUT2D eigenvalue weighted by molar-refractivity contribution is 5.70. The quantitative estimate of drug-likeness (QED) is 0.0373. The Morgan fingerprint density at radius 3 is 0.855 bits per heavy atom. The van der Waals surface area contributed by atoms with Crippen LogP contribution in [0.15, 0.2) is 109 Å². The van der Waals surface area contributed by atoms with Crippen LogP contribution in [0.3, 0.4) is 0 Å². The molecular formula is C71H122O5. The minimum Gasteiger partial charge on any atom is -0.462 e. The topological polar surface area (TPSA) is 72.8 Å². The van der Waals surface area contributed by atoms with Gasteiger partial charge in [-0.25, -0.2) is 0 Å². The SMILES string of the molecule is CC/C=C\C/C=C\C/C=C\C/C=C\C/C=C\C/C=C\C/C=C\C/C=C\C/C=C\CCCCCCCCCCCC(=O)OC(CO)COC(=O)CCCCCCCCCCCCCCCCCCCCCCCCCCC. The van der Waals surface area contributed by atoms with E-state index in [1.54, 1.807) is 0 Å². The summed E-state index contributed by atoms with van der Waals surface area (Å²) in [4.78, 5) is 24.6. The molecule has 0 saturated heterocycles. The average molecular weight is 1060 g/mol. The number of hydrogen-bond donors (Lipinski definition) is 1. The van der Waals surface area contributed by atoms with Gasteiger partial charge in [-0.15, -0.1) is 0 Å². The molecule has 0 saturated carbocycles. The van der Waals surface area contributed by atoms with Gasteiger partial charge in [0.15, 0.2) is 6.10 Å². The number of allylic oxidation sites excluding steroid dienone is 18. The lowest BCUT2D eigenvalue weighted by Gasteiger charge is -2.15. The van der Waals surface area contributed by atoms with Crippen molar-refractivity contribution in [1.82, 2.24) is 0 Å². The number of ether oxygens (including phenoxy) is 2. The van der Waals surface area contributed by atoms with Crippen LogP contribution in [0, 0.1) is 0 Å². The molecule has 1 atom stereocenters. The van der Waals surface area contributed by atoms with E-state index < -0.39 is 6.10 Å². The molecule has 0 radical (unpaired) electrons. The molecule has 0 aromatic carbocycles. The first-order chi connectivity index (χ1) is 37.6. The molecule has 0 aliphatic rings. The van der Waals surface area contributed by atoms with E-state index in [4.69, 9.17) is 9.47 Å². The first kappa shape index (κ1) is 72.6. The fourth-order valence-corrected chi connectivity index (χ4v) is 9.26. The first-order valence-electron chi connectivity index (χ1n) is 32.4. The molecule has 1 N–H and O–H groups in total. The second-order valence-corrected chi connectivity index (χ2v) is 21.5. The lowest BCUT2D eigenvalue weighted by atomic mass is 10.0. The molecule has 0 bridgehead atoms. The van der Waals surface area contributed by atoms with E-state index in [-0.39, 0.29) is 25.2 Å². The number of carbonyl (C=O) groups is 2. The molecule has 5 heteroatoms. The van der Waals surface area contributed by atoms with Crippen molar-refractivity contribution in [3.63, 3.8) is 0 Å². The van der Waals surface area contributed by atoms with Crippen molar-refractivity contribution in [1.29, 1.82) is 0 Å². The van der Waals surface area contributed by atoms with Crippen molar-refractivity contribution in [2.45, 2.75) is 315 Å². The fourth-order valence-electron chi connectivity index (χ4n) is 9.26. The van der Waals surface area contributed by atoms with Gasteiger partial charge in [0.25, 0.3) is 0 Å². The van der Waals surface area contributed by atoms with Gasteiger partial charge in [-0.3, -0.25) is 9.59 Å². The Bertz CT molecular complexity index is 1470. The van der Waals surface area contributed by atoms with Crippen LogP contribution in [0.4, 0.5) is 0 Å². The van der Waals surface area contributed by atoms with Crippen LogP contribution in [0.2, 0.25) is 0 Å². The molecule has 5 nitrogen and oxygen atoms in total. The Kier molecular flexibility index (Phi) is 62.9. The Morgan fingerprint density at radius 2 is 0.566 bits per heavy atom. The number of carbonyl (C=O) groups excluding carboxylic acids is 2. The van der Waals surface area contributed by atoms with Gasteiger partial charge in [-0.1, -0.05) is 322 Å². The van der Waals surface area contributed by atoms with Gasteiger partial charge in [0, 0.05) is 12.8 Å². The van der Waals surface area contributed by atoms with Crippen molar-refractivity contribution in [3.8, 4) is 0 Å². The summed E-state index contributed by atoms with van der Waals surface area (Å²) in [5.41, 5.74) is 0. The second kappa shape index (κ2) is 65.8. The summed E-state index contributed by atoms with van der Waals surface area (Å²) in [5, 5.41) is 9.68. The van der Waals surface area contributed by atoms with E-state index in [2.05, 4.69) is 123 Å². The molecule has 0 aliphatic carbocycles. The summed E-state index contributed by atoms with van der Waals surface area (Å²) in [6.45, 7) is 4.05. The Hall–Kier alpha value is -3.44. The van der Waals surface area contributed by atoms with Gasteiger partial charge in [-0.05, 0) is 83.5 Å². The molecule has 0 aliphatic heterocycles. The van der Waals surface area contributed by atoms with Crippen molar-refractivity contribution < 1.29 is 24.2 Å². The highest BCUT2D eigenvalue weighted by Crippen LogP contribution is 2.17. The van der Waals surface area contributed by atoms with Gasteiger partial charge in [0.1, 0.15) is 6.61 Å². The minimum absolute atomic E-state index is 0.0696. The summed E-state index contributed by atoms with van der Waals surface area (Å²) in [6, 6.07) is 0. The molecule has 436 valence electrons. The predicted octanol–water partition coefficient (Wildman–Crippen LogP) is 22.4. The average Bonchev–Trinajstić information content (AvgIpc) is 3.42. The molecule has 0 aromatic rings. The van der Waals surface area contributed by atoms with Crippen LogP contribution in [-0.2, 0) is 19.1 Å². The summed E-state index contributed by atoms with van der Waals surface area (Å²) < 4.78 is 10.7. The molecule has 0 heterocycles. The van der Waals surface area contributed by atoms with Crippen molar-refractivity contribution in [2.24, 2.45) is 0 Å². The zero-order valence-corrected chi connectivity index (χ0v) is 50.0. The zero-order chi connectivity index (χ0) is 54.8. The third-order valence-corrected chi connectivity index (χ3v) is 14.1. The van der Waals surface area contributed by atoms with E-state index in [1.165, 1.54) is 180 Å². The molecule has 0 amide bonds. The van der Waals surface area contributed by atoms with Gasteiger partial charge in [0.2, 0.25) is 0 Å². The first-order valence-corrected chi connectivity index (χ1v) is 32.4. The predicted molar refractivity (Wildman–Crippen MR) is 334 cm³/mol. The molecule has 1 unspecified atom stereocenters. The lowest BCUT2D eigenvalue weighted by Crippen LogP contribution is -2.28. The molecule has 0 rings (SSSR count). The molecule has 0 spiro atoms. The molecular weight excluding hydrogens is 933 g/mol. The van der Waals surface area contributed by atoms with Crippen LogP contribution in [-0.4, -0.2) is 36.4 Å². The maximum atomic E-state index is 12.3. The number of hydrogen-bond acceptors (Lipinski definition) is 5. The highest BCUT2D eigenvalue weighted by atomic mass is 16.6. The van der Waals surface area contributed by atoms with E-state index >= 15 is 0 Å². The minimum atomic E-state index is -0.781. The second-order valence-electron chi connectivity index (χ2n) is 21.5. The summed E-state index contributed by atoms with van der Waals surface area (Å²) in [6.07, 6.45) is 95.2. The number of unbranched alkanes of at least 4 members (excludes halogenated alkanes) is 33. The summed E-state index contributed by atoms with van der Waals surface area (Å²) in [5.74, 6) is -0.589. The van der Waals surface area contributed by atoms with Gasteiger partial charge in [-0.2, -0.15) is 0 Å². The van der Waals surface area contributed by atoms with Crippen LogP contribution < -0.4 is 0 Å². The van der Waals surface area contributed by atoms with Crippen molar-refractivity contribution in [3.05, 3.63) is 109 Å². The Labute approximate surface area is 471 Å². The number of aliphatic hydroxyl groups is 1. The molecule has 0 fully saturated rings. The fraction of sp³-hybridized carbons (Fsp3) is 0.718. The number of rotatable bonds is 59. The zero-order valence-electron chi connectivity index (χ0n) is 50.0. The van der Waals surface area contributed by atoms with Crippen molar-refractivity contribution >= 4 is 11.9 Å². The van der Waals surface area contributed by atoms with E-state index in [9.17, 15) is 14.7 Å². The van der Waals surface area contributed by atoms with Crippen LogP contribution in [0.5, 0.6) is 0 Å². The normalized spacial score (nSPS) is 12.9. The maximum Gasteiger partial charge on any atom is 0.306 e. The number of aliphatic hydroxyl groups excluding tert-OH is 1.